The average molecular weight is 250 g/mol. The van der Waals surface area contributed by atoms with Gasteiger partial charge in [-0.1, -0.05) is 36.4 Å². The number of fused-ring (bicyclic) bond motifs is 1. The van der Waals surface area contributed by atoms with Gasteiger partial charge in [-0.2, -0.15) is 0 Å². The van der Waals surface area contributed by atoms with Crippen LogP contribution in [-0.4, -0.2) is 7.05 Å². The summed E-state index contributed by atoms with van der Waals surface area (Å²) < 4.78 is 0. The molecule has 0 saturated heterocycles. The van der Waals surface area contributed by atoms with Gasteiger partial charge in [-0.3, -0.25) is 0 Å². The molecule has 19 heavy (non-hydrogen) atoms. The van der Waals surface area contributed by atoms with Gasteiger partial charge in [0.15, 0.2) is 0 Å². The van der Waals surface area contributed by atoms with Crippen molar-refractivity contribution in [3.8, 4) is 0 Å². The Bertz CT molecular complexity index is 656. The predicted octanol–water partition coefficient (Wildman–Crippen LogP) is 3.28. The van der Waals surface area contributed by atoms with Crippen molar-refractivity contribution in [2.24, 2.45) is 0 Å². The summed E-state index contributed by atoms with van der Waals surface area (Å²) in [7, 11) is 1.99. The number of nitrogens with one attached hydrogen (secondary N) is 1. The number of hydrogen-bond donors (Lipinski definition) is 2. The van der Waals surface area contributed by atoms with Crippen molar-refractivity contribution in [3.63, 3.8) is 0 Å². The minimum absolute atomic E-state index is 0.284. The zero-order chi connectivity index (χ0) is 13.4. The molecule has 96 valence electrons. The molecule has 2 aromatic rings. The van der Waals surface area contributed by atoms with E-state index in [1.807, 2.05) is 13.1 Å². The topological polar surface area (TPSA) is 38.0 Å². The van der Waals surface area contributed by atoms with Crippen LogP contribution in [-0.2, 0) is 0 Å². The molecule has 1 unspecified atom stereocenters. The lowest BCUT2D eigenvalue weighted by atomic mass is 9.95. The highest BCUT2D eigenvalue weighted by Gasteiger charge is 2.23. The summed E-state index contributed by atoms with van der Waals surface area (Å²) in [6.07, 6.45) is 2.28. The van der Waals surface area contributed by atoms with Gasteiger partial charge in [-0.05, 0) is 53.9 Å². The molecule has 0 radical (unpaired) electrons. The van der Waals surface area contributed by atoms with Crippen molar-refractivity contribution in [2.45, 2.75) is 13.0 Å². The highest BCUT2D eigenvalue weighted by Crippen LogP contribution is 2.39. The third-order valence-electron chi connectivity index (χ3n) is 3.78. The number of nitrogen functional groups attached to an aromatic ring is 1. The Morgan fingerprint density at radius 1 is 1.05 bits per heavy atom. The molecule has 0 bridgehead atoms. The van der Waals surface area contributed by atoms with Crippen molar-refractivity contribution in [1.82, 2.24) is 5.32 Å². The molecular weight excluding hydrogens is 232 g/mol. The van der Waals surface area contributed by atoms with E-state index in [0.29, 0.717) is 0 Å². The summed E-state index contributed by atoms with van der Waals surface area (Å²) >= 11 is 0. The molecule has 0 aromatic heterocycles. The van der Waals surface area contributed by atoms with E-state index in [9.17, 15) is 0 Å². The highest BCUT2D eigenvalue weighted by atomic mass is 14.9. The predicted molar refractivity (Wildman–Crippen MR) is 80.9 cm³/mol. The van der Waals surface area contributed by atoms with Gasteiger partial charge in [-0.25, -0.2) is 0 Å². The fourth-order valence-electron chi connectivity index (χ4n) is 2.76. The molecule has 0 heterocycles. The van der Waals surface area contributed by atoms with E-state index in [4.69, 9.17) is 5.73 Å². The molecule has 2 nitrogen and oxygen atoms in total. The van der Waals surface area contributed by atoms with Crippen LogP contribution in [0.25, 0.3) is 5.57 Å². The van der Waals surface area contributed by atoms with Crippen molar-refractivity contribution in [2.75, 3.05) is 12.8 Å². The van der Waals surface area contributed by atoms with Gasteiger partial charge < -0.3 is 11.1 Å². The molecule has 1 aliphatic carbocycles. The smallest absolute Gasteiger partial charge is 0.0519 e. The zero-order valence-corrected chi connectivity index (χ0v) is 11.3. The first-order valence-electron chi connectivity index (χ1n) is 6.55. The largest absolute Gasteiger partial charge is 0.399 e. The second-order valence-corrected chi connectivity index (χ2v) is 5.01. The van der Waals surface area contributed by atoms with Crippen LogP contribution in [0.4, 0.5) is 5.69 Å². The number of aryl methyl sites for hydroxylation is 1. The van der Waals surface area contributed by atoms with E-state index in [2.05, 4.69) is 54.7 Å². The fraction of sp³-hybridized carbons (Fsp3) is 0.176. The van der Waals surface area contributed by atoms with Gasteiger partial charge in [0.25, 0.3) is 0 Å². The van der Waals surface area contributed by atoms with E-state index in [1.165, 1.54) is 27.8 Å². The summed E-state index contributed by atoms with van der Waals surface area (Å²) in [6.45, 7) is 2.13. The first-order chi connectivity index (χ1) is 9.20. The molecule has 0 fully saturated rings. The Morgan fingerprint density at radius 3 is 2.63 bits per heavy atom. The maximum Gasteiger partial charge on any atom is 0.0519 e. The summed E-state index contributed by atoms with van der Waals surface area (Å²) in [6, 6.07) is 14.9. The number of hydrogen-bond acceptors (Lipinski definition) is 2. The maximum atomic E-state index is 5.94. The summed E-state index contributed by atoms with van der Waals surface area (Å²) in [5, 5.41) is 3.35. The van der Waals surface area contributed by atoms with E-state index in [-0.39, 0.29) is 6.04 Å². The van der Waals surface area contributed by atoms with Gasteiger partial charge in [-0.15, -0.1) is 0 Å². The van der Waals surface area contributed by atoms with Crippen LogP contribution >= 0.6 is 0 Å². The molecule has 3 rings (SSSR count). The van der Waals surface area contributed by atoms with E-state index in [1.54, 1.807) is 0 Å². The Labute approximate surface area is 114 Å². The first-order valence-corrected chi connectivity index (χ1v) is 6.55. The summed E-state index contributed by atoms with van der Waals surface area (Å²) in [4.78, 5) is 0. The van der Waals surface area contributed by atoms with Crippen molar-refractivity contribution < 1.29 is 0 Å². The van der Waals surface area contributed by atoms with Crippen LogP contribution < -0.4 is 11.1 Å². The molecule has 0 saturated carbocycles. The van der Waals surface area contributed by atoms with Crippen LogP contribution in [0, 0.1) is 6.92 Å². The van der Waals surface area contributed by atoms with Gasteiger partial charge >= 0.3 is 0 Å². The average Bonchev–Trinajstić information content (AvgIpc) is 2.80. The Morgan fingerprint density at radius 2 is 1.84 bits per heavy atom. The van der Waals surface area contributed by atoms with Gasteiger partial charge in [0.1, 0.15) is 0 Å². The molecule has 3 N–H and O–H groups in total. The maximum absolute atomic E-state index is 5.94. The number of benzene rings is 2. The Kier molecular flexibility index (Phi) is 2.88. The minimum Gasteiger partial charge on any atom is -0.399 e. The third kappa shape index (κ3) is 1.94. The lowest BCUT2D eigenvalue weighted by molar-refractivity contribution is 0.725. The lowest BCUT2D eigenvalue weighted by Gasteiger charge is -2.10. The van der Waals surface area contributed by atoms with Crippen molar-refractivity contribution >= 4 is 11.3 Å². The van der Waals surface area contributed by atoms with Gasteiger partial charge in [0, 0.05) is 5.69 Å². The van der Waals surface area contributed by atoms with Crippen LogP contribution in [0.15, 0.2) is 48.5 Å². The normalized spacial score (nSPS) is 17.2. The molecule has 0 amide bonds. The van der Waals surface area contributed by atoms with E-state index >= 15 is 0 Å². The molecular formula is C17H18N2. The summed E-state index contributed by atoms with van der Waals surface area (Å²) in [5.74, 6) is 0. The minimum atomic E-state index is 0.284. The SMILES string of the molecule is CNC1C=C(c2cc(N)ccc2C)c2ccccc21. The van der Waals surface area contributed by atoms with Gasteiger partial charge in [0.05, 0.1) is 6.04 Å². The second-order valence-electron chi connectivity index (χ2n) is 5.01. The molecule has 2 heteroatoms. The Balaban J connectivity index is 2.18. The van der Waals surface area contributed by atoms with Crippen LogP contribution in [0.1, 0.15) is 28.3 Å². The quantitative estimate of drug-likeness (QED) is 0.803. The second kappa shape index (κ2) is 4.56. The standard InChI is InChI=1S/C17H18N2/c1-11-7-8-12(18)9-15(11)16-10-17(19-2)14-6-4-3-5-13(14)16/h3-10,17,19H,18H2,1-2H3. The van der Waals surface area contributed by atoms with Crippen molar-refractivity contribution in [1.29, 1.82) is 0 Å². The monoisotopic (exact) mass is 250 g/mol. The molecule has 0 spiro atoms. The molecule has 1 atom stereocenters. The van der Waals surface area contributed by atoms with Crippen LogP contribution in [0.5, 0.6) is 0 Å². The van der Waals surface area contributed by atoms with E-state index in [0.717, 1.165) is 5.69 Å². The Hall–Kier alpha value is -2.06. The number of likely N-dealkylation sites (N-methyl/N-ethyl adjacent to an activating group) is 1. The number of nitrogens with two attached hydrogens (primary N) is 1. The molecule has 1 aliphatic rings. The highest BCUT2D eigenvalue weighted by molar-refractivity contribution is 5.87. The summed E-state index contributed by atoms with van der Waals surface area (Å²) in [5.41, 5.74) is 13.1. The fourth-order valence-corrected chi connectivity index (χ4v) is 2.76. The molecule has 0 aliphatic heterocycles. The lowest BCUT2D eigenvalue weighted by Crippen LogP contribution is -2.11. The van der Waals surface area contributed by atoms with Crippen LogP contribution in [0.3, 0.4) is 0 Å². The van der Waals surface area contributed by atoms with Crippen LogP contribution in [0.2, 0.25) is 0 Å². The van der Waals surface area contributed by atoms with E-state index < -0.39 is 0 Å². The molecule has 2 aromatic carbocycles. The third-order valence-corrected chi connectivity index (χ3v) is 3.78. The number of anilines is 1. The van der Waals surface area contributed by atoms with Crippen molar-refractivity contribution in [3.05, 3.63) is 70.8 Å². The van der Waals surface area contributed by atoms with Gasteiger partial charge in [0.2, 0.25) is 0 Å². The number of rotatable bonds is 2. The first kappa shape index (κ1) is 12.0. The zero-order valence-electron chi connectivity index (χ0n) is 11.3.